The van der Waals surface area contributed by atoms with Gasteiger partial charge in [0, 0.05) is 28.0 Å². The van der Waals surface area contributed by atoms with Gasteiger partial charge in [-0.2, -0.15) is 13.5 Å². The number of terminal acetylenes is 1. The highest BCUT2D eigenvalue weighted by atomic mass is 32.1. The first-order chi connectivity index (χ1) is 17.1. The van der Waals surface area contributed by atoms with Crippen molar-refractivity contribution in [1.29, 1.82) is 0 Å². The van der Waals surface area contributed by atoms with Crippen LogP contribution in [0.3, 0.4) is 0 Å². The Morgan fingerprint density at radius 3 is 1.75 bits per heavy atom. The fourth-order valence-corrected chi connectivity index (χ4v) is 2.84. The summed E-state index contributed by atoms with van der Waals surface area (Å²) in [5.41, 5.74) is 0. The number of unbranched alkanes of at least 4 members (excludes halogenated alkanes) is 10. The van der Waals surface area contributed by atoms with E-state index in [1.165, 1.54) is 51.4 Å². The Bertz CT molecular complexity index is 1020. The summed E-state index contributed by atoms with van der Waals surface area (Å²) in [5.74, 6) is 24.4. The highest BCUT2D eigenvalue weighted by molar-refractivity contribution is 7.59. The Hall–Kier alpha value is -3.39. The van der Waals surface area contributed by atoms with E-state index in [1.807, 2.05) is 0 Å². The Morgan fingerprint density at radius 1 is 0.778 bits per heavy atom. The van der Waals surface area contributed by atoms with Crippen LogP contribution in [0.25, 0.3) is 0 Å². The molecule has 0 aliphatic heterocycles. The molecule has 1 N–H and O–H groups in total. The molecule has 0 spiro atoms. The van der Waals surface area contributed by atoms with Crippen molar-refractivity contribution in [2.75, 3.05) is 13.2 Å². The van der Waals surface area contributed by atoms with Crippen molar-refractivity contribution in [3.05, 3.63) is 0 Å². The fraction of sp³-hybridized carbons (Fsp3) is 0.533. The van der Waals surface area contributed by atoms with E-state index in [0.717, 1.165) is 19.3 Å². The van der Waals surface area contributed by atoms with Gasteiger partial charge in [0.15, 0.2) is 6.10 Å². The number of carbonyl (C=O) groups is 2. The van der Waals surface area contributed by atoms with Crippen molar-refractivity contribution in [2.45, 2.75) is 90.1 Å². The van der Waals surface area contributed by atoms with Crippen LogP contribution in [0.5, 0.6) is 0 Å². The minimum atomic E-state index is -0.922. The molecule has 0 aromatic rings. The largest absolute Gasteiger partial charge is 0.456 e. The third-order valence-electron chi connectivity index (χ3n) is 4.62. The van der Waals surface area contributed by atoms with Gasteiger partial charge >= 0.3 is 11.9 Å². The molecule has 0 radical (unpaired) electrons. The van der Waals surface area contributed by atoms with Gasteiger partial charge in [0.1, 0.15) is 6.61 Å². The Balaban J connectivity index is -0.0000000876. The lowest BCUT2D eigenvalue weighted by atomic mass is 10.1. The number of ether oxygens (including phenoxy) is 2. The molecule has 0 rings (SSSR count). The summed E-state index contributed by atoms with van der Waals surface area (Å²) >= 11 is 0. The van der Waals surface area contributed by atoms with Gasteiger partial charge in [0.2, 0.25) is 0 Å². The highest BCUT2D eigenvalue weighted by Gasteiger charge is 2.15. The van der Waals surface area contributed by atoms with E-state index in [2.05, 4.69) is 72.0 Å². The minimum Gasteiger partial charge on any atom is -0.456 e. The van der Waals surface area contributed by atoms with Crippen LogP contribution in [-0.2, 0) is 19.1 Å². The Labute approximate surface area is 240 Å². The molecule has 0 heterocycles. The van der Waals surface area contributed by atoms with Gasteiger partial charge in [0.25, 0.3) is 0 Å². The van der Waals surface area contributed by atoms with Crippen molar-refractivity contribution >= 4 is 25.4 Å². The lowest BCUT2D eigenvalue weighted by molar-refractivity contribution is -0.159. The van der Waals surface area contributed by atoms with Crippen LogP contribution in [0, 0.1) is 71.5 Å². The van der Waals surface area contributed by atoms with Crippen molar-refractivity contribution in [3.63, 3.8) is 0 Å². The van der Waals surface area contributed by atoms with E-state index in [-0.39, 0.29) is 42.2 Å². The van der Waals surface area contributed by atoms with Gasteiger partial charge in [-0.3, -0.25) is 4.79 Å². The average Bonchev–Trinajstić information content (AvgIpc) is 2.86. The molecular formula is C30H58O5S. The summed E-state index contributed by atoms with van der Waals surface area (Å²) in [7, 11) is 0. The summed E-state index contributed by atoms with van der Waals surface area (Å²) < 4.78 is 10.0. The maximum absolute atomic E-state index is 11.9. The molecule has 0 bridgehead atoms. The Kier molecular flexibility index (Phi) is 26.9. The SMILES string of the molecule is C#CC#CC#CC#CC#CC#CC(=O)OC[C@@H](CO)OC(=O)CCCCCCCCCCCCC.S.[HH].[HH].[HH].[HH].[HH].[HH].[HH].[HH].[HH].[HH].[HH]. The zero-order valence-electron chi connectivity index (χ0n) is 21.1. The van der Waals surface area contributed by atoms with E-state index in [9.17, 15) is 14.7 Å². The van der Waals surface area contributed by atoms with E-state index >= 15 is 0 Å². The van der Waals surface area contributed by atoms with Gasteiger partial charge < -0.3 is 14.6 Å². The first-order valence-corrected chi connectivity index (χ1v) is 12.1. The molecule has 0 aliphatic carbocycles. The minimum absolute atomic E-state index is 0. The molecule has 0 saturated heterocycles. The molecule has 0 aliphatic rings. The molecule has 0 aromatic carbocycles. The van der Waals surface area contributed by atoms with Crippen LogP contribution in [0.1, 0.15) is 99.7 Å². The number of hydrogen-bond acceptors (Lipinski definition) is 5. The zero-order valence-corrected chi connectivity index (χ0v) is 22.1. The topological polar surface area (TPSA) is 72.8 Å². The quantitative estimate of drug-likeness (QED) is 0.105. The van der Waals surface area contributed by atoms with Crippen molar-refractivity contribution < 1.29 is 39.9 Å². The van der Waals surface area contributed by atoms with Crippen LogP contribution in [-0.4, -0.2) is 36.4 Å². The summed E-state index contributed by atoms with van der Waals surface area (Å²) in [6.45, 7) is 1.49. The summed E-state index contributed by atoms with van der Waals surface area (Å²) in [6.07, 6.45) is 17.4. The molecule has 0 fully saturated rings. The number of aliphatic hydroxyl groups excluding tert-OH is 1. The van der Waals surface area contributed by atoms with Crippen LogP contribution >= 0.6 is 13.5 Å². The molecule has 0 saturated carbocycles. The van der Waals surface area contributed by atoms with Gasteiger partial charge in [-0.15, -0.1) is 6.42 Å². The summed E-state index contributed by atoms with van der Waals surface area (Å²) in [6, 6.07) is 0. The van der Waals surface area contributed by atoms with Gasteiger partial charge in [-0.1, -0.05) is 71.1 Å². The smallest absolute Gasteiger partial charge is 0.385 e. The third-order valence-corrected chi connectivity index (χ3v) is 4.62. The molecule has 5 nitrogen and oxygen atoms in total. The molecule has 0 unspecified atom stereocenters. The van der Waals surface area contributed by atoms with Crippen LogP contribution < -0.4 is 0 Å². The highest BCUT2D eigenvalue weighted by Crippen LogP contribution is 2.12. The molecule has 36 heavy (non-hydrogen) atoms. The van der Waals surface area contributed by atoms with Gasteiger partial charge in [0.05, 0.1) is 6.61 Å². The molecule has 1 atom stereocenters. The number of rotatable bonds is 16. The van der Waals surface area contributed by atoms with Gasteiger partial charge in [-0.05, 0) is 65.6 Å². The lowest BCUT2D eigenvalue weighted by Crippen LogP contribution is -2.28. The summed E-state index contributed by atoms with van der Waals surface area (Å²) in [4.78, 5) is 23.5. The van der Waals surface area contributed by atoms with E-state index in [0.29, 0.717) is 0 Å². The van der Waals surface area contributed by atoms with Crippen molar-refractivity contribution in [1.82, 2.24) is 0 Å². The molecular weight excluding hydrogens is 472 g/mol. The van der Waals surface area contributed by atoms with Crippen LogP contribution in [0.15, 0.2) is 0 Å². The van der Waals surface area contributed by atoms with E-state index < -0.39 is 24.6 Å². The first kappa shape index (κ1) is 34.8. The van der Waals surface area contributed by atoms with Crippen LogP contribution in [0.4, 0.5) is 0 Å². The molecule has 0 aromatic heterocycles. The fourth-order valence-electron chi connectivity index (χ4n) is 2.84. The Morgan fingerprint density at radius 2 is 1.25 bits per heavy atom. The maximum Gasteiger partial charge on any atom is 0.385 e. The van der Waals surface area contributed by atoms with Crippen molar-refractivity contribution in [2.24, 2.45) is 0 Å². The predicted molar refractivity (Wildman–Crippen MR) is 170 cm³/mol. The third kappa shape index (κ3) is 25.2. The second kappa shape index (κ2) is 27.9. The number of aliphatic hydroxyl groups is 1. The standard InChI is InChI=1S/C30H34O5.H2S.11H2/c1-3-5-7-9-11-13-15-17-19-21-23-25-30(33)35-28(26-31)27-34-29(32)24-22-20-18-16-14-12-10-8-6-4-2;;;;;;;;;;;;/h2,28,31H,3,5,7,9,11,13,15,17,19,21,23,25-27H2,1H3;1H2;11*1H/t28-;;;;;;;;;;;;/m1............/s1. The van der Waals surface area contributed by atoms with Crippen LogP contribution in [0.2, 0.25) is 0 Å². The van der Waals surface area contributed by atoms with E-state index in [1.54, 1.807) is 0 Å². The number of hydrogen-bond donors (Lipinski definition) is 1. The molecule has 6 heteroatoms. The van der Waals surface area contributed by atoms with Crippen molar-refractivity contribution in [3.8, 4) is 71.5 Å². The number of esters is 2. The van der Waals surface area contributed by atoms with E-state index in [4.69, 9.17) is 15.9 Å². The first-order valence-electron chi connectivity index (χ1n) is 12.1. The zero-order chi connectivity index (χ0) is 25.8. The average molecular weight is 531 g/mol. The molecule has 214 valence electrons. The normalized spacial score (nSPS) is 9.14. The van der Waals surface area contributed by atoms with Gasteiger partial charge in [-0.25, -0.2) is 4.79 Å². The maximum atomic E-state index is 11.9. The second-order valence-electron chi connectivity index (χ2n) is 7.57. The predicted octanol–water partition coefficient (Wildman–Crippen LogP) is 6.60. The lowest BCUT2D eigenvalue weighted by Gasteiger charge is -2.14. The second-order valence-corrected chi connectivity index (χ2v) is 7.57. The number of carbonyl (C=O) groups excluding carboxylic acids is 2. The monoisotopic (exact) mass is 530 g/mol. The molecule has 0 amide bonds. The summed E-state index contributed by atoms with van der Waals surface area (Å²) in [5, 5.41) is 9.34.